The number of halogens is 2. The SMILES string of the molecule is Cn1cc(-c2cccnc2Oc2ccc(F)c(F)c2)c2cc[nH]c2c1=O. The molecular weight excluding hydrogens is 340 g/mol. The van der Waals surface area contributed by atoms with Gasteiger partial charge in [0.25, 0.3) is 5.56 Å². The van der Waals surface area contributed by atoms with Gasteiger partial charge in [0.15, 0.2) is 11.6 Å². The molecule has 0 radical (unpaired) electrons. The molecule has 26 heavy (non-hydrogen) atoms. The molecule has 0 saturated carbocycles. The van der Waals surface area contributed by atoms with E-state index in [1.165, 1.54) is 16.8 Å². The fourth-order valence-corrected chi connectivity index (χ4v) is 2.81. The van der Waals surface area contributed by atoms with E-state index in [1.807, 2.05) is 0 Å². The Bertz CT molecular complexity index is 1180. The first kappa shape index (κ1) is 16.0. The molecule has 4 rings (SSSR count). The van der Waals surface area contributed by atoms with Crippen molar-refractivity contribution >= 4 is 10.9 Å². The molecule has 0 bridgehead atoms. The number of aromatic nitrogens is 3. The van der Waals surface area contributed by atoms with E-state index in [0.717, 1.165) is 23.1 Å². The minimum Gasteiger partial charge on any atom is -0.438 e. The van der Waals surface area contributed by atoms with Crippen LogP contribution < -0.4 is 10.3 Å². The van der Waals surface area contributed by atoms with Crippen molar-refractivity contribution in [2.24, 2.45) is 7.05 Å². The highest BCUT2D eigenvalue weighted by Crippen LogP contribution is 2.34. The fraction of sp³-hybridized carbons (Fsp3) is 0.0526. The van der Waals surface area contributed by atoms with Crippen molar-refractivity contribution in [1.29, 1.82) is 0 Å². The normalized spacial score (nSPS) is 11.0. The van der Waals surface area contributed by atoms with E-state index in [-0.39, 0.29) is 17.2 Å². The third-order valence-corrected chi connectivity index (χ3v) is 4.06. The maximum Gasteiger partial charge on any atom is 0.274 e. The number of pyridine rings is 2. The standard InChI is InChI=1S/C19H13F2N3O2/c1-24-10-14(12-6-8-22-17(12)19(24)25)13-3-2-7-23-18(13)26-11-4-5-15(20)16(21)9-11/h2-10,22H,1H3. The van der Waals surface area contributed by atoms with Crippen LogP contribution in [-0.2, 0) is 7.05 Å². The highest BCUT2D eigenvalue weighted by Gasteiger charge is 2.15. The van der Waals surface area contributed by atoms with Gasteiger partial charge in [-0.1, -0.05) is 0 Å². The summed E-state index contributed by atoms with van der Waals surface area (Å²) < 4.78 is 33.7. The summed E-state index contributed by atoms with van der Waals surface area (Å²) in [6.07, 6.45) is 4.91. The van der Waals surface area contributed by atoms with Gasteiger partial charge in [-0.05, 0) is 30.3 Å². The molecule has 0 unspecified atom stereocenters. The summed E-state index contributed by atoms with van der Waals surface area (Å²) >= 11 is 0. The summed E-state index contributed by atoms with van der Waals surface area (Å²) in [5.74, 6) is -1.61. The van der Waals surface area contributed by atoms with Gasteiger partial charge in [0.1, 0.15) is 11.3 Å². The predicted octanol–water partition coefficient (Wildman–Crippen LogP) is 4.00. The Morgan fingerprint density at radius 1 is 1.12 bits per heavy atom. The Labute approximate surface area is 146 Å². The molecule has 3 heterocycles. The third kappa shape index (κ3) is 2.63. The lowest BCUT2D eigenvalue weighted by atomic mass is 10.1. The van der Waals surface area contributed by atoms with E-state index in [0.29, 0.717) is 11.1 Å². The number of aromatic amines is 1. The zero-order valence-electron chi connectivity index (χ0n) is 13.7. The van der Waals surface area contributed by atoms with Gasteiger partial charge in [0.2, 0.25) is 5.88 Å². The predicted molar refractivity (Wildman–Crippen MR) is 93.2 cm³/mol. The maximum atomic E-state index is 13.5. The van der Waals surface area contributed by atoms with Gasteiger partial charge in [-0.2, -0.15) is 0 Å². The Kier molecular flexibility index (Phi) is 3.76. The minimum atomic E-state index is -1.00. The van der Waals surface area contributed by atoms with Crippen molar-refractivity contribution in [3.63, 3.8) is 0 Å². The molecule has 0 aliphatic heterocycles. The number of hydrogen-bond acceptors (Lipinski definition) is 3. The summed E-state index contributed by atoms with van der Waals surface area (Å²) in [7, 11) is 1.65. The molecule has 0 spiro atoms. The zero-order chi connectivity index (χ0) is 18.3. The van der Waals surface area contributed by atoms with E-state index in [4.69, 9.17) is 4.74 Å². The van der Waals surface area contributed by atoms with Gasteiger partial charge in [0, 0.05) is 48.2 Å². The topological polar surface area (TPSA) is 59.9 Å². The molecular formula is C19H13F2N3O2. The summed E-state index contributed by atoms with van der Waals surface area (Å²) in [6, 6.07) is 8.58. The molecule has 4 aromatic rings. The van der Waals surface area contributed by atoms with Crippen molar-refractivity contribution in [2.75, 3.05) is 0 Å². The summed E-state index contributed by atoms with van der Waals surface area (Å²) in [5.41, 5.74) is 1.67. The second-order valence-corrected chi connectivity index (χ2v) is 5.76. The van der Waals surface area contributed by atoms with E-state index in [9.17, 15) is 13.6 Å². The van der Waals surface area contributed by atoms with Crippen LogP contribution in [0.25, 0.3) is 22.0 Å². The average Bonchev–Trinajstić information content (AvgIpc) is 3.12. The Morgan fingerprint density at radius 3 is 2.77 bits per heavy atom. The molecule has 0 amide bonds. The lowest BCUT2D eigenvalue weighted by Crippen LogP contribution is -2.16. The number of ether oxygens (including phenoxy) is 1. The lowest BCUT2D eigenvalue weighted by molar-refractivity contribution is 0.449. The fourth-order valence-electron chi connectivity index (χ4n) is 2.81. The van der Waals surface area contributed by atoms with Crippen LogP contribution in [0, 0.1) is 11.6 Å². The number of benzene rings is 1. The van der Waals surface area contributed by atoms with Crippen molar-refractivity contribution in [2.45, 2.75) is 0 Å². The number of hydrogen-bond donors (Lipinski definition) is 1. The van der Waals surface area contributed by atoms with Crippen LogP contribution in [0.5, 0.6) is 11.6 Å². The van der Waals surface area contributed by atoms with Crippen LogP contribution >= 0.6 is 0 Å². The largest absolute Gasteiger partial charge is 0.438 e. The molecule has 130 valence electrons. The smallest absolute Gasteiger partial charge is 0.274 e. The molecule has 7 heteroatoms. The molecule has 1 aromatic carbocycles. The van der Waals surface area contributed by atoms with E-state index in [1.54, 1.807) is 37.6 Å². The van der Waals surface area contributed by atoms with E-state index >= 15 is 0 Å². The van der Waals surface area contributed by atoms with Gasteiger partial charge < -0.3 is 14.3 Å². The van der Waals surface area contributed by atoms with Gasteiger partial charge >= 0.3 is 0 Å². The summed E-state index contributed by atoms with van der Waals surface area (Å²) in [5, 5.41) is 0.719. The first-order chi connectivity index (χ1) is 12.5. The van der Waals surface area contributed by atoms with Gasteiger partial charge in [-0.15, -0.1) is 0 Å². The van der Waals surface area contributed by atoms with Gasteiger partial charge in [-0.25, -0.2) is 13.8 Å². The molecule has 0 fully saturated rings. The molecule has 0 aliphatic rings. The van der Waals surface area contributed by atoms with Crippen LogP contribution in [0.1, 0.15) is 0 Å². The number of nitrogens with zero attached hydrogens (tertiary/aromatic N) is 2. The second kappa shape index (κ2) is 6.11. The van der Waals surface area contributed by atoms with Crippen LogP contribution in [0.2, 0.25) is 0 Å². The second-order valence-electron chi connectivity index (χ2n) is 5.76. The summed E-state index contributed by atoms with van der Waals surface area (Å²) in [4.78, 5) is 19.4. The van der Waals surface area contributed by atoms with Crippen molar-refractivity contribution < 1.29 is 13.5 Å². The quantitative estimate of drug-likeness (QED) is 0.606. The molecule has 0 saturated heterocycles. The molecule has 0 aliphatic carbocycles. The Morgan fingerprint density at radius 2 is 1.96 bits per heavy atom. The number of nitrogens with one attached hydrogen (secondary N) is 1. The molecule has 5 nitrogen and oxygen atoms in total. The third-order valence-electron chi connectivity index (χ3n) is 4.06. The number of aryl methyl sites for hydroxylation is 1. The summed E-state index contributed by atoms with van der Waals surface area (Å²) in [6.45, 7) is 0. The Balaban J connectivity index is 1.87. The first-order valence-electron chi connectivity index (χ1n) is 7.79. The van der Waals surface area contributed by atoms with Crippen molar-refractivity contribution in [1.82, 2.24) is 14.5 Å². The highest BCUT2D eigenvalue weighted by molar-refractivity contribution is 5.95. The highest BCUT2D eigenvalue weighted by atomic mass is 19.2. The van der Waals surface area contributed by atoms with Crippen LogP contribution in [0.4, 0.5) is 8.78 Å². The number of rotatable bonds is 3. The lowest BCUT2D eigenvalue weighted by Gasteiger charge is -2.12. The van der Waals surface area contributed by atoms with E-state index < -0.39 is 11.6 Å². The van der Waals surface area contributed by atoms with Crippen molar-refractivity contribution in [3.05, 3.63) is 77.0 Å². The average molecular weight is 353 g/mol. The maximum absolute atomic E-state index is 13.5. The monoisotopic (exact) mass is 353 g/mol. The number of H-pyrrole nitrogens is 1. The first-order valence-corrected chi connectivity index (χ1v) is 7.79. The van der Waals surface area contributed by atoms with Gasteiger partial charge in [-0.3, -0.25) is 4.79 Å². The van der Waals surface area contributed by atoms with Gasteiger partial charge in [0.05, 0.1) is 0 Å². The van der Waals surface area contributed by atoms with E-state index in [2.05, 4.69) is 9.97 Å². The van der Waals surface area contributed by atoms with Crippen LogP contribution in [0.15, 0.2) is 59.8 Å². The zero-order valence-corrected chi connectivity index (χ0v) is 13.7. The Hall–Kier alpha value is -3.48. The number of fused-ring (bicyclic) bond motifs is 1. The molecule has 0 atom stereocenters. The molecule has 3 aromatic heterocycles. The van der Waals surface area contributed by atoms with Crippen LogP contribution in [0.3, 0.4) is 0 Å². The minimum absolute atomic E-state index is 0.124. The van der Waals surface area contributed by atoms with Crippen LogP contribution in [-0.4, -0.2) is 14.5 Å². The van der Waals surface area contributed by atoms with Crippen molar-refractivity contribution in [3.8, 4) is 22.8 Å². The molecule has 1 N–H and O–H groups in total.